The number of carbonyl (C=O) groups excluding carboxylic acids is 2. The molecule has 0 spiro atoms. The molecule has 4 rings (SSSR count). The number of nitrogens with one attached hydrogen (secondary N) is 1. The maximum absolute atomic E-state index is 12.7. The van der Waals surface area contributed by atoms with Gasteiger partial charge in [0.1, 0.15) is 4.83 Å². The summed E-state index contributed by atoms with van der Waals surface area (Å²) in [7, 11) is 0. The quantitative estimate of drug-likeness (QED) is 0.407. The molecule has 0 bridgehead atoms. The first-order valence-corrected chi connectivity index (χ1v) is 9.99. The van der Waals surface area contributed by atoms with Crippen LogP contribution in [0, 0.1) is 17.2 Å². The minimum Gasteiger partial charge on any atom is -0.325 e. The molecule has 0 radical (unpaired) electrons. The largest absolute Gasteiger partial charge is 0.325 e. The van der Waals surface area contributed by atoms with Crippen LogP contribution in [0.3, 0.4) is 0 Å². The van der Waals surface area contributed by atoms with E-state index in [2.05, 4.69) is 10.3 Å². The van der Waals surface area contributed by atoms with Crippen molar-refractivity contribution in [3.8, 4) is 6.07 Å². The van der Waals surface area contributed by atoms with Crippen LogP contribution >= 0.6 is 22.7 Å². The highest BCUT2D eigenvalue weighted by molar-refractivity contribution is 7.21. The number of anilines is 1. The van der Waals surface area contributed by atoms with Gasteiger partial charge in [0.25, 0.3) is 0 Å². The second-order valence-electron chi connectivity index (χ2n) is 5.93. The predicted molar refractivity (Wildman–Crippen MR) is 106 cm³/mol. The monoisotopic (exact) mass is 394 g/mol. The summed E-state index contributed by atoms with van der Waals surface area (Å²) >= 11 is 2.71. The van der Waals surface area contributed by atoms with Crippen LogP contribution in [0.15, 0.2) is 41.9 Å². The lowest BCUT2D eigenvalue weighted by molar-refractivity contribution is -0.117. The van der Waals surface area contributed by atoms with Crippen molar-refractivity contribution in [1.82, 2.24) is 9.38 Å². The Labute approximate surface area is 162 Å². The number of carbonyl (C=O) groups is 2. The Bertz CT molecular complexity index is 1190. The topological polar surface area (TPSA) is 87.3 Å². The molecule has 0 fully saturated rings. The molecule has 0 aliphatic heterocycles. The summed E-state index contributed by atoms with van der Waals surface area (Å²) < 4.78 is 1.89. The minimum absolute atomic E-state index is 0.358. The Morgan fingerprint density at radius 1 is 1.33 bits per heavy atom. The van der Waals surface area contributed by atoms with Crippen molar-refractivity contribution in [2.75, 3.05) is 5.32 Å². The van der Waals surface area contributed by atoms with Crippen LogP contribution < -0.4 is 5.32 Å². The lowest BCUT2D eigenvalue weighted by Gasteiger charge is -2.09. The van der Waals surface area contributed by atoms with Gasteiger partial charge in [0.2, 0.25) is 5.91 Å². The van der Waals surface area contributed by atoms with Gasteiger partial charge in [-0.3, -0.25) is 14.0 Å². The summed E-state index contributed by atoms with van der Waals surface area (Å²) in [6.07, 6.45) is 2.77. The smallest absolute Gasteiger partial charge is 0.249 e. The molecule has 134 valence electrons. The molecule has 0 saturated heterocycles. The number of benzene rings is 1. The van der Waals surface area contributed by atoms with E-state index in [0.717, 1.165) is 27.3 Å². The average molecular weight is 394 g/mol. The van der Waals surface area contributed by atoms with Crippen LogP contribution in [0.4, 0.5) is 5.69 Å². The molecule has 1 N–H and O–H groups in total. The average Bonchev–Trinajstić information content (AvgIpc) is 3.35. The van der Waals surface area contributed by atoms with E-state index in [0.29, 0.717) is 10.6 Å². The fraction of sp³-hybridized carbons (Fsp3) is 0.158. The van der Waals surface area contributed by atoms with Gasteiger partial charge in [-0.2, -0.15) is 5.26 Å². The number of fused-ring (bicyclic) bond motifs is 3. The van der Waals surface area contributed by atoms with Gasteiger partial charge in [0, 0.05) is 17.3 Å². The number of hydrogen-bond donors (Lipinski definition) is 1. The van der Waals surface area contributed by atoms with E-state index in [1.807, 2.05) is 41.1 Å². The van der Waals surface area contributed by atoms with E-state index in [-0.39, 0.29) is 0 Å². The first-order valence-electron chi connectivity index (χ1n) is 8.29. The zero-order valence-corrected chi connectivity index (χ0v) is 15.9. The number of nitrogens with zero attached hydrogens (tertiary/aromatic N) is 3. The highest BCUT2D eigenvalue weighted by atomic mass is 32.1. The Hall–Kier alpha value is -3.02. The van der Waals surface area contributed by atoms with E-state index in [1.165, 1.54) is 22.7 Å². The summed E-state index contributed by atoms with van der Waals surface area (Å²) in [6.45, 7) is 2.04. The second-order valence-corrected chi connectivity index (χ2v) is 7.84. The number of hydrogen-bond acceptors (Lipinski definition) is 6. The van der Waals surface area contributed by atoms with Gasteiger partial charge >= 0.3 is 0 Å². The van der Waals surface area contributed by atoms with E-state index >= 15 is 0 Å². The van der Waals surface area contributed by atoms with Crippen LogP contribution in [0.5, 0.6) is 0 Å². The molecule has 3 heterocycles. The van der Waals surface area contributed by atoms with Gasteiger partial charge in [-0.25, -0.2) is 4.98 Å². The van der Waals surface area contributed by atoms with Crippen molar-refractivity contribution in [3.63, 3.8) is 0 Å². The third kappa shape index (κ3) is 3.12. The summed E-state index contributed by atoms with van der Waals surface area (Å²) in [5.41, 5.74) is 2.52. The third-order valence-corrected chi connectivity index (χ3v) is 6.06. The molecule has 4 aromatic rings. The van der Waals surface area contributed by atoms with Crippen molar-refractivity contribution in [3.05, 3.63) is 52.3 Å². The lowest BCUT2D eigenvalue weighted by atomic mass is 10.0. The molecular formula is C19H14N4O2S2. The van der Waals surface area contributed by atoms with Crippen LogP contribution in [0.2, 0.25) is 0 Å². The fourth-order valence-electron chi connectivity index (χ4n) is 2.79. The molecule has 1 aromatic carbocycles. The zero-order chi connectivity index (χ0) is 19.0. The van der Waals surface area contributed by atoms with Crippen LogP contribution in [0.25, 0.3) is 15.3 Å². The number of imidazole rings is 1. The zero-order valence-electron chi connectivity index (χ0n) is 14.3. The molecule has 1 atom stereocenters. The van der Waals surface area contributed by atoms with E-state index in [9.17, 15) is 14.9 Å². The van der Waals surface area contributed by atoms with Crippen molar-refractivity contribution in [2.45, 2.75) is 13.3 Å². The second kappa shape index (κ2) is 6.95. The number of rotatable bonds is 5. The van der Waals surface area contributed by atoms with Crippen molar-refractivity contribution in [1.29, 1.82) is 5.26 Å². The molecule has 0 saturated carbocycles. The van der Waals surface area contributed by atoms with Crippen LogP contribution in [-0.2, 0) is 11.2 Å². The maximum atomic E-state index is 12.7. The van der Waals surface area contributed by atoms with E-state index in [4.69, 9.17) is 0 Å². The van der Waals surface area contributed by atoms with Crippen LogP contribution in [-0.4, -0.2) is 21.1 Å². The number of thiophene rings is 1. The van der Waals surface area contributed by atoms with Gasteiger partial charge < -0.3 is 5.32 Å². The summed E-state index contributed by atoms with van der Waals surface area (Å²) in [5, 5.41) is 14.0. The number of Topliss-reactive ketones (excluding diaryl/α,β-unsaturated/α-hetero) is 1. The number of amides is 1. The Morgan fingerprint density at radius 3 is 2.81 bits per heavy atom. The predicted octanol–water partition coefficient (Wildman–Crippen LogP) is 4.13. The standard InChI is InChI=1S/C19H14N4O2S2/c1-2-11-3-5-12(6-4-11)21-17(25)13(10-20)16(24)15-9-14-18(27-15)22-19-23(14)7-8-26-19/h3-9,13H,2H2,1H3,(H,21,25). The molecule has 1 amide bonds. The Balaban J connectivity index is 1.57. The number of thiazole rings is 1. The molecule has 27 heavy (non-hydrogen) atoms. The Kier molecular flexibility index (Phi) is 4.48. The van der Waals surface area contributed by atoms with Gasteiger partial charge in [0.05, 0.1) is 16.5 Å². The number of aryl methyl sites for hydroxylation is 1. The maximum Gasteiger partial charge on any atom is 0.249 e. The van der Waals surface area contributed by atoms with Gasteiger partial charge in [-0.05, 0) is 30.2 Å². The number of ketones is 1. The molecule has 6 nitrogen and oxygen atoms in total. The normalized spacial score (nSPS) is 12.1. The van der Waals surface area contributed by atoms with Crippen molar-refractivity contribution < 1.29 is 9.59 Å². The number of aromatic nitrogens is 2. The van der Waals surface area contributed by atoms with Gasteiger partial charge in [-0.15, -0.1) is 22.7 Å². The Morgan fingerprint density at radius 2 is 2.11 bits per heavy atom. The molecule has 0 aliphatic rings. The molecule has 3 aromatic heterocycles. The van der Waals surface area contributed by atoms with Gasteiger partial charge in [-0.1, -0.05) is 19.1 Å². The summed E-state index contributed by atoms with van der Waals surface area (Å²) in [5.74, 6) is -2.53. The molecule has 0 aliphatic carbocycles. The fourth-order valence-corrected chi connectivity index (χ4v) is 4.56. The lowest BCUT2D eigenvalue weighted by Crippen LogP contribution is -2.28. The first kappa shape index (κ1) is 17.4. The molecular weight excluding hydrogens is 380 g/mol. The van der Waals surface area contributed by atoms with Gasteiger partial charge in [0.15, 0.2) is 16.7 Å². The highest BCUT2D eigenvalue weighted by Crippen LogP contribution is 2.29. The third-order valence-electron chi connectivity index (χ3n) is 4.27. The van der Waals surface area contributed by atoms with E-state index < -0.39 is 17.6 Å². The first-order chi connectivity index (χ1) is 13.1. The van der Waals surface area contributed by atoms with E-state index in [1.54, 1.807) is 18.2 Å². The van der Waals surface area contributed by atoms with Crippen molar-refractivity contribution in [2.24, 2.45) is 5.92 Å². The van der Waals surface area contributed by atoms with Crippen LogP contribution in [0.1, 0.15) is 22.2 Å². The SMILES string of the molecule is CCc1ccc(NC(=O)C(C#N)C(=O)c2cc3c(nc4sccn43)s2)cc1. The molecule has 1 unspecified atom stereocenters. The number of nitriles is 1. The highest BCUT2D eigenvalue weighted by Gasteiger charge is 2.29. The minimum atomic E-state index is -1.40. The molecule has 8 heteroatoms. The summed E-state index contributed by atoms with van der Waals surface area (Å²) in [6, 6.07) is 10.9. The van der Waals surface area contributed by atoms with Crippen molar-refractivity contribution >= 4 is 55.4 Å². The summed E-state index contributed by atoms with van der Waals surface area (Å²) in [4.78, 5) is 31.6.